The van der Waals surface area contributed by atoms with Crippen LogP contribution in [0.2, 0.25) is 5.15 Å². The normalized spacial score (nSPS) is 18.2. The van der Waals surface area contributed by atoms with E-state index in [9.17, 15) is 21.6 Å². The van der Waals surface area contributed by atoms with Crippen molar-refractivity contribution < 1.29 is 40.0 Å². The van der Waals surface area contributed by atoms with E-state index in [0.717, 1.165) is 0 Å². The van der Waals surface area contributed by atoms with E-state index < -0.39 is 58.0 Å². The van der Waals surface area contributed by atoms with Crippen molar-refractivity contribution in [3.05, 3.63) is 227 Å². The molecular formula is C49H39ClF3N5O6S. The molecule has 0 unspecified atom stereocenters. The summed E-state index contributed by atoms with van der Waals surface area (Å²) in [5.74, 6) is -0.287. The lowest BCUT2D eigenvalue weighted by atomic mass is 9.79. The van der Waals surface area contributed by atoms with Gasteiger partial charge >= 0.3 is 15.6 Å². The average Bonchev–Trinajstić information content (AvgIpc) is 3.90. The van der Waals surface area contributed by atoms with Crippen molar-refractivity contribution in [3.8, 4) is 0 Å². The van der Waals surface area contributed by atoms with Gasteiger partial charge < -0.3 is 19.9 Å². The number of benzene rings is 6. The van der Waals surface area contributed by atoms with Crippen LogP contribution in [0.15, 0.2) is 188 Å². The molecule has 6 aromatic carbocycles. The van der Waals surface area contributed by atoms with Crippen LogP contribution < -0.4 is 5.73 Å². The van der Waals surface area contributed by atoms with Crippen molar-refractivity contribution in [1.82, 2.24) is 19.5 Å². The van der Waals surface area contributed by atoms with Gasteiger partial charge in [-0.1, -0.05) is 194 Å². The lowest BCUT2D eigenvalue weighted by Gasteiger charge is -2.41. The maximum atomic E-state index is 14.6. The van der Waals surface area contributed by atoms with Gasteiger partial charge in [-0.15, -0.1) is 0 Å². The average molecular weight is 918 g/mol. The zero-order valence-electron chi connectivity index (χ0n) is 34.2. The highest BCUT2D eigenvalue weighted by molar-refractivity contribution is 7.87. The number of aromatic nitrogens is 4. The number of halogens is 4. The van der Waals surface area contributed by atoms with Gasteiger partial charge in [0.25, 0.3) is 0 Å². The number of rotatable bonds is 14. The van der Waals surface area contributed by atoms with Gasteiger partial charge in [0.1, 0.15) is 28.9 Å². The molecule has 0 aliphatic carbocycles. The predicted molar refractivity (Wildman–Crippen MR) is 238 cm³/mol. The van der Waals surface area contributed by atoms with Gasteiger partial charge in [-0.3, -0.25) is 8.75 Å². The van der Waals surface area contributed by atoms with Gasteiger partial charge in [-0.05, 0) is 33.4 Å². The Labute approximate surface area is 377 Å². The summed E-state index contributed by atoms with van der Waals surface area (Å²) in [7, 11) is -6.37. The minimum atomic E-state index is -6.37. The molecular weight excluding hydrogens is 879 g/mol. The van der Waals surface area contributed by atoms with Gasteiger partial charge in [0.2, 0.25) is 5.95 Å². The third-order valence-corrected chi connectivity index (χ3v) is 12.6. The number of hydrogen-bond donors (Lipinski definition) is 1. The highest BCUT2D eigenvalue weighted by Gasteiger charge is 2.58. The van der Waals surface area contributed by atoms with Gasteiger partial charge in [-0.25, -0.2) is 4.98 Å². The summed E-state index contributed by atoms with van der Waals surface area (Å²) in [5, 5.41) is -0.160. The zero-order chi connectivity index (χ0) is 45.2. The minimum absolute atomic E-state index is 0.0162. The van der Waals surface area contributed by atoms with E-state index in [4.69, 9.17) is 35.7 Å². The molecule has 65 heavy (non-hydrogen) atoms. The lowest BCUT2D eigenvalue weighted by Crippen LogP contribution is -2.48. The summed E-state index contributed by atoms with van der Waals surface area (Å²) in [5.41, 5.74) is 0.933. The van der Waals surface area contributed by atoms with Crippen LogP contribution in [0.5, 0.6) is 0 Å². The molecule has 1 aliphatic heterocycles. The van der Waals surface area contributed by atoms with E-state index in [1.54, 1.807) is 36.4 Å². The number of ether oxygens (including phenoxy) is 3. The van der Waals surface area contributed by atoms with Gasteiger partial charge in [0.05, 0.1) is 12.9 Å². The molecule has 3 heterocycles. The van der Waals surface area contributed by atoms with Crippen molar-refractivity contribution in [3.63, 3.8) is 0 Å². The molecule has 8 aromatic rings. The van der Waals surface area contributed by atoms with Crippen LogP contribution in [-0.2, 0) is 39.7 Å². The van der Waals surface area contributed by atoms with Crippen LogP contribution in [0.4, 0.5) is 19.1 Å². The molecule has 1 aliphatic rings. The first kappa shape index (κ1) is 43.8. The number of nitrogen functional groups attached to an aromatic ring is 1. The molecule has 16 heteroatoms. The smallest absolute Gasteiger partial charge is 0.368 e. The summed E-state index contributed by atoms with van der Waals surface area (Å²) in [4.78, 5) is 12.6. The number of alkyl halides is 3. The van der Waals surface area contributed by atoms with Gasteiger partial charge in [0, 0.05) is 0 Å². The minimum Gasteiger partial charge on any atom is -0.368 e. The molecule has 330 valence electrons. The first-order chi connectivity index (χ1) is 31.4. The third kappa shape index (κ3) is 8.15. The largest absolute Gasteiger partial charge is 0.523 e. The Morgan fingerprint density at radius 1 is 0.615 bits per heavy atom. The van der Waals surface area contributed by atoms with Crippen LogP contribution in [0.1, 0.15) is 39.6 Å². The fourth-order valence-electron chi connectivity index (χ4n) is 8.50. The summed E-state index contributed by atoms with van der Waals surface area (Å²) in [6.45, 7) is -0.412. The molecule has 1 fully saturated rings. The van der Waals surface area contributed by atoms with Crippen LogP contribution in [0, 0.1) is 0 Å². The molecule has 0 amide bonds. The molecule has 9 rings (SSSR count). The van der Waals surface area contributed by atoms with E-state index in [1.807, 2.05) is 146 Å². The van der Waals surface area contributed by atoms with Crippen LogP contribution >= 0.6 is 11.6 Å². The first-order valence-corrected chi connectivity index (χ1v) is 22.2. The van der Waals surface area contributed by atoms with E-state index in [2.05, 4.69) is 15.0 Å². The summed E-state index contributed by atoms with van der Waals surface area (Å²) in [6, 6.07) is 55.4. The van der Waals surface area contributed by atoms with Crippen LogP contribution in [-0.4, -0.2) is 58.4 Å². The molecule has 11 nitrogen and oxygen atoms in total. The lowest BCUT2D eigenvalue weighted by molar-refractivity contribution is -0.131. The Bertz CT molecular complexity index is 2790. The SMILES string of the molecule is Nc1nc(Cl)c2ncn([C@@H]3O[C@H](COC(c4ccccc4)(c4ccccc4)c4ccccc4)[C@@H](OC(c4ccccc4)(c4ccccc4)c4ccccc4)[C@H]3OS(=O)(=O)C(F)(F)F)c2n1. The van der Waals surface area contributed by atoms with Crippen molar-refractivity contribution in [2.75, 3.05) is 12.3 Å². The molecule has 0 saturated carbocycles. The standard InChI is InChI=1S/C49H39ClF3N5O6S/c50-43-40-44(57-46(54)56-43)58(32-55-40)45-42(64-65(59,60)49(51,52)53)41(63-48(36-25-13-4-14-26-36,37-27-15-5-16-28-37)38-29-17-6-18-30-38)39(62-45)31-61-47(33-19-7-1-8-20-33,34-21-9-2-10-22-34)35-23-11-3-12-24-35/h1-30,32,39,41-42,45H,31H2,(H2,54,56,57)/t39-,41-,42-,45-/m1/s1. The molecule has 1 saturated heterocycles. The second-order valence-corrected chi connectivity index (χ2v) is 17.1. The highest BCUT2D eigenvalue weighted by atomic mass is 35.5. The van der Waals surface area contributed by atoms with Crippen LogP contribution in [0.3, 0.4) is 0 Å². The molecule has 0 bridgehead atoms. The Kier molecular flexibility index (Phi) is 12.0. The molecule has 0 spiro atoms. The summed E-state index contributed by atoms with van der Waals surface area (Å²) in [6.07, 6.45) is -5.73. The molecule has 0 radical (unpaired) electrons. The Morgan fingerprint density at radius 3 is 1.42 bits per heavy atom. The summed E-state index contributed by atoms with van der Waals surface area (Å²) >= 11 is 6.44. The monoisotopic (exact) mass is 917 g/mol. The number of anilines is 1. The Hall–Kier alpha value is -6.46. The number of imidazole rings is 1. The molecule has 4 atom stereocenters. The third-order valence-electron chi connectivity index (χ3n) is 11.3. The highest BCUT2D eigenvalue weighted by Crippen LogP contribution is 2.48. The van der Waals surface area contributed by atoms with E-state index in [1.165, 1.54) is 10.9 Å². The van der Waals surface area contributed by atoms with E-state index in [0.29, 0.717) is 33.4 Å². The maximum Gasteiger partial charge on any atom is 0.523 e. The zero-order valence-corrected chi connectivity index (χ0v) is 35.7. The number of nitrogens with two attached hydrogens (primary N) is 1. The van der Waals surface area contributed by atoms with Crippen molar-refractivity contribution >= 4 is 38.8 Å². The maximum absolute atomic E-state index is 14.6. The Morgan fingerprint density at radius 2 is 1.02 bits per heavy atom. The molecule has 2 aromatic heterocycles. The second-order valence-electron chi connectivity index (χ2n) is 15.2. The van der Waals surface area contributed by atoms with Crippen molar-refractivity contribution in [1.29, 1.82) is 0 Å². The quantitative estimate of drug-likeness (QED) is 0.0486. The van der Waals surface area contributed by atoms with Gasteiger partial charge in [0.15, 0.2) is 23.1 Å². The number of nitrogens with zero attached hydrogens (tertiary/aromatic N) is 4. The fraction of sp³-hybridized carbons (Fsp3) is 0.163. The van der Waals surface area contributed by atoms with Crippen molar-refractivity contribution in [2.24, 2.45) is 0 Å². The topological polar surface area (TPSA) is 141 Å². The number of hydrogen-bond acceptors (Lipinski definition) is 10. The fourth-order valence-corrected chi connectivity index (χ4v) is 9.32. The second kappa shape index (κ2) is 17.8. The van der Waals surface area contributed by atoms with E-state index in [-0.39, 0.29) is 22.3 Å². The van der Waals surface area contributed by atoms with Crippen LogP contribution in [0.25, 0.3) is 11.2 Å². The Balaban J connectivity index is 1.29. The van der Waals surface area contributed by atoms with Crippen molar-refractivity contribution in [2.45, 2.75) is 41.3 Å². The summed E-state index contributed by atoms with van der Waals surface area (Å²) < 4.78 is 98.8. The number of fused-ring (bicyclic) bond motifs is 1. The first-order valence-electron chi connectivity index (χ1n) is 20.4. The van der Waals surface area contributed by atoms with E-state index >= 15 is 0 Å². The van der Waals surface area contributed by atoms with Gasteiger partial charge in [-0.2, -0.15) is 31.6 Å². The predicted octanol–water partition coefficient (Wildman–Crippen LogP) is 9.58. The molecule has 2 N–H and O–H groups in total.